The molecule has 7 nitrogen and oxygen atoms in total. The van der Waals surface area contributed by atoms with E-state index >= 15 is 0 Å². The Labute approximate surface area is 173 Å². The number of nitrogens with zero attached hydrogens (tertiary/aromatic N) is 2. The number of benzene rings is 1. The number of rotatable bonds is 5. The second-order valence-electron chi connectivity index (χ2n) is 8.48. The van der Waals surface area contributed by atoms with Crippen LogP contribution < -0.4 is 5.32 Å². The molecule has 1 saturated heterocycles. The smallest absolute Gasteiger partial charge is 0.251 e. The Balaban J connectivity index is 1.52. The van der Waals surface area contributed by atoms with E-state index in [9.17, 15) is 18.0 Å². The minimum Gasteiger partial charge on any atom is -0.349 e. The molecule has 0 bridgehead atoms. The van der Waals surface area contributed by atoms with Crippen molar-refractivity contribution in [1.29, 1.82) is 0 Å². The molecule has 1 unspecified atom stereocenters. The normalized spacial score (nSPS) is 25.6. The zero-order valence-corrected chi connectivity index (χ0v) is 18.2. The largest absolute Gasteiger partial charge is 0.349 e. The van der Waals surface area contributed by atoms with Gasteiger partial charge in [0.15, 0.2) is 9.84 Å². The van der Waals surface area contributed by atoms with Crippen molar-refractivity contribution in [2.45, 2.75) is 49.1 Å². The molecule has 3 rings (SSSR count). The number of nitrogens with one attached hydrogen (secondary N) is 1. The van der Waals surface area contributed by atoms with Gasteiger partial charge in [0, 0.05) is 43.4 Å². The average molecular weight is 422 g/mol. The van der Waals surface area contributed by atoms with E-state index in [-0.39, 0.29) is 28.7 Å². The first-order valence-electron chi connectivity index (χ1n) is 10.2. The summed E-state index contributed by atoms with van der Waals surface area (Å²) in [5, 5.41) is 3.00. The molecule has 1 aromatic carbocycles. The molecule has 160 valence electrons. The van der Waals surface area contributed by atoms with Crippen molar-refractivity contribution in [3.63, 3.8) is 0 Å². The van der Waals surface area contributed by atoms with Crippen LogP contribution in [0.15, 0.2) is 29.2 Å². The van der Waals surface area contributed by atoms with Crippen LogP contribution in [0.1, 0.15) is 42.5 Å². The third-order valence-corrected chi connectivity index (χ3v) is 7.31. The summed E-state index contributed by atoms with van der Waals surface area (Å²) in [5.41, 5.74) is 0.344. The van der Waals surface area contributed by atoms with Crippen molar-refractivity contribution in [2.75, 3.05) is 33.4 Å². The molecule has 2 fully saturated rings. The van der Waals surface area contributed by atoms with Crippen LogP contribution in [0, 0.1) is 5.92 Å². The maximum atomic E-state index is 12.8. The van der Waals surface area contributed by atoms with Gasteiger partial charge in [0.05, 0.1) is 4.90 Å². The Morgan fingerprint density at radius 3 is 2.41 bits per heavy atom. The fraction of sp³-hybridized carbons (Fsp3) is 0.619. The summed E-state index contributed by atoms with van der Waals surface area (Å²) in [6, 6.07) is 6.40. The molecule has 0 aromatic heterocycles. The van der Waals surface area contributed by atoms with E-state index < -0.39 is 9.84 Å². The number of hydrogen-bond donors (Lipinski definition) is 1. The van der Waals surface area contributed by atoms with Crippen LogP contribution in [0.3, 0.4) is 0 Å². The molecule has 2 amide bonds. The quantitative estimate of drug-likeness (QED) is 0.779. The molecule has 1 saturated carbocycles. The fourth-order valence-electron chi connectivity index (χ4n) is 4.32. The fourth-order valence-corrected chi connectivity index (χ4v) is 4.98. The number of sulfone groups is 1. The Hall–Kier alpha value is -1.93. The average Bonchev–Trinajstić information content (AvgIpc) is 3.13. The predicted octanol–water partition coefficient (Wildman–Crippen LogP) is 1.54. The highest BCUT2D eigenvalue weighted by Crippen LogP contribution is 2.27. The first-order chi connectivity index (χ1) is 13.6. The van der Waals surface area contributed by atoms with Crippen LogP contribution in [0.2, 0.25) is 0 Å². The Bertz CT molecular complexity index is 862. The topological polar surface area (TPSA) is 86.8 Å². The van der Waals surface area contributed by atoms with Gasteiger partial charge >= 0.3 is 0 Å². The number of likely N-dealkylation sites (tertiary alicyclic amines) is 1. The van der Waals surface area contributed by atoms with Crippen LogP contribution in [-0.2, 0) is 14.6 Å². The van der Waals surface area contributed by atoms with Crippen LogP contribution >= 0.6 is 0 Å². The molecule has 1 aliphatic heterocycles. The highest BCUT2D eigenvalue weighted by molar-refractivity contribution is 7.90. The molecule has 2 aliphatic rings. The third kappa shape index (κ3) is 5.36. The molecule has 1 N–H and O–H groups in total. The summed E-state index contributed by atoms with van der Waals surface area (Å²) >= 11 is 0. The zero-order valence-electron chi connectivity index (χ0n) is 17.4. The van der Waals surface area contributed by atoms with Crippen molar-refractivity contribution < 1.29 is 18.0 Å². The molecular formula is C21H31N3O4S. The lowest BCUT2D eigenvalue weighted by Gasteiger charge is -2.33. The summed E-state index contributed by atoms with van der Waals surface area (Å²) in [5.74, 6) is -0.0278. The second kappa shape index (κ2) is 8.83. The highest BCUT2D eigenvalue weighted by Gasteiger charge is 2.33. The van der Waals surface area contributed by atoms with Crippen molar-refractivity contribution >= 4 is 21.7 Å². The molecular weight excluding hydrogens is 390 g/mol. The van der Waals surface area contributed by atoms with E-state index in [0.29, 0.717) is 11.6 Å². The standard InChI is InChI=1S/C21H31N3O4S/c1-23-12-11-18(14-23)24(2)21(26)15-7-9-17(10-8-15)22-20(25)16-5-4-6-19(13-16)29(3,27)28/h4-6,13,15,17-18H,7-12,14H2,1-3H3,(H,22,25). The molecule has 1 aliphatic carbocycles. The number of hydrogen-bond acceptors (Lipinski definition) is 5. The van der Waals surface area contributed by atoms with E-state index in [4.69, 9.17) is 0 Å². The molecule has 0 spiro atoms. The van der Waals surface area contributed by atoms with Gasteiger partial charge in [-0.05, 0) is 63.9 Å². The molecule has 1 atom stereocenters. The lowest BCUT2D eigenvalue weighted by Crippen LogP contribution is -2.45. The number of carbonyl (C=O) groups is 2. The lowest BCUT2D eigenvalue weighted by atomic mass is 9.85. The molecule has 1 aromatic rings. The van der Waals surface area contributed by atoms with Crippen molar-refractivity contribution in [1.82, 2.24) is 15.1 Å². The van der Waals surface area contributed by atoms with Crippen molar-refractivity contribution in [3.05, 3.63) is 29.8 Å². The number of likely N-dealkylation sites (N-methyl/N-ethyl adjacent to an activating group) is 2. The van der Waals surface area contributed by atoms with Gasteiger partial charge in [-0.25, -0.2) is 8.42 Å². The summed E-state index contributed by atoms with van der Waals surface area (Å²) in [6.07, 6.45) is 5.19. The second-order valence-corrected chi connectivity index (χ2v) is 10.5. The van der Waals surface area contributed by atoms with Crippen LogP contribution in [0.4, 0.5) is 0 Å². The predicted molar refractivity (Wildman–Crippen MR) is 111 cm³/mol. The lowest BCUT2D eigenvalue weighted by molar-refractivity contribution is -0.137. The van der Waals surface area contributed by atoms with Gasteiger partial charge < -0.3 is 15.1 Å². The first kappa shape index (κ1) is 21.8. The van der Waals surface area contributed by atoms with Gasteiger partial charge in [-0.1, -0.05) is 6.07 Å². The maximum absolute atomic E-state index is 12.8. The number of carbonyl (C=O) groups excluding carboxylic acids is 2. The SMILES string of the molecule is CN1CCC(N(C)C(=O)C2CCC(NC(=O)c3cccc(S(C)(=O)=O)c3)CC2)C1. The zero-order chi connectivity index (χ0) is 21.2. The van der Waals surface area contributed by atoms with Crippen LogP contribution in [0.5, 0.6) is 0 Å². The summed E-state index contributed by atoms with van der Waals surface area (Å²) in [7, 11) is 0.640. The van der Waals surface area contributed by atoms with E-state index in [1.165, 1.54) is 12.1 Å². The Kier molecular flexibility index (Phi) is 6.63. The maximum Gasteiger partial charge on any atom is 0.251 e. The van der Waals surface area contributed by atoms with Gasteiger partial charge in [-0.15, -0.1) is 0 Å². The monoisotopic (exact) mass is 421 g/mol. The van der Waals surface area contributed by atoms with Crippen molar-refractivity contribution in [2.24, 2.45) is 5.92 Å². The van der Waals surface area contributed by atoms with Gasteiger partial charge in [-0.2, -0.15) is 0 Å². The number of amides is 2. The molecule has 8 heteroatoms. The summed E-state index contributed by atoms with van der Waals surface area (Å²) in [4.78, 5) is 29.7. The first-order valence-corrected chi connectivity index (χ1v) is 12.1. The van der Waals surface area contributed by atoms with Gasteiger partial charge in [0.2, 0.25) is 5.91 Å². The molecule has 1 heterocycles. The highest BCUT2D eigenvalue weighted by atomic mass is 32.2. The van der Waals surface area contributed by atoms with Crippen LogP contribution in [0.25, 0.3) is 0 Å². The Morgan fingerprint density at radius 1 is 1.14 bits per heavy atom. The van der Waals surface area contributed by atoms with Gasteiger partial charge in [-0.3, -0.25) is 9.59 Å². The van der Waals surface area contributed by atoms with Gasteiger partial charge in [0.1, 0.15) is 0 Å². The van der Waals surface area contributed by atoms with E-state index in [1.54, 1.807) is 12.1 Å². The minimum atomic E-state index is -3.35. The summed E-state index contributed by atoms with van der Waals surface area (Å²) < 4.78 is 23.4. The molecule has 29 heavy (non-hydrogen) atoms. The third-order valence-electron chi connectivity index (χ3n) is 6.20. The molecule has 0 radical (unpaired) electrons. The Morgan fingerprint density at radius 2 is 1.83 bits per heavy atom. The summed E-state index contributed by atoms with van der Waals surface area (Å²) in [6.45, 7) is 1.96. The van der Waals surface area contributed by atoms with E-state index in [1.807, 2.05) is 11.9 Å². The van der Waals surface area contributed by atoms with E-state index in [2.05, 4.69) is 17.3 Å². The van der Waals surface area contributed by atoms with E-state index in [0.717, 1.165) is 51.4 Å². The van der Waals surface area contributed by atoms with Crippen LogP contribution in [-0.4, -0.2) is 75.6 Å². The minimum absolute atomic E-state index is 0.0105. The van der Waals surface area contributed by atoms with Crippen molar-refractivity contribution in [3.8, 4) is 0 Å². The van der Waals surface area contributed by atoms with Gasteiger partial charge in [0.25, 0.3) is 5.91 Å².